The summed E-state index contributed by atoms with van der Waals surface area (Å²) in [6.45, 7) is 11.2. The van der Waals surface area contributed by atoms with Gasteiger partial charge in [-0.15, -0.1) is 0 Å². The molecule has 1 aliphatic heterocycles. The van der Waals surface area contributed by atoms with Crippen LogP contribution in [-0.2, 0) is 18.7 Å². The molecule has 1 fully saturated rings. The molecule has 3 rings (SSSR count). The molecule has 154 valence electrons. The highest BCUT2D eigenvalue weighted by Crippen LogP contribution is 2.53. The third-order valence-electron chi connectivity index (χ3n) is 6.71. The molecule has 0 spiro atoms. The van der Waals surface area contributed by atoms with Crippen LogP contribution >= 0.6 is 0 Å². The molecule has 0 unspecified atom stereocenters. The average Bonchev–Trinajstić information content (AvgIpc) is 2.65. The minimum Gasteiger partial charge on any atom is -0.463 e. The first-order valence-corrected chi connectivity index (χ1v) is 13.2. The van der Waals surface area contributed by atoms with Crippen LogP contribution in [0.25, 0.3) is 0 Å². The van der Waals surface area contributed by atoms with E-state index >= 15 is 0 Å². The summed E-state index contributed by atoms with van der Waals surface area (Å²) < 4.78 is 18.4. The summed E-state index contributed by atoms with van der Waals surface area (Å²) in [5.74, 6) is -0.642. The molecule has 0 amide bonds. The average molecular weight is 403 g/mol. The van der Waals surface area contributed by atoms with Crippen LogP contribution in [0, 0.1) is 5.92 Å². The van der Waals surface area contributed by atoms with Crippen LogP contribution < -0.4 is 0 Å². The highest BCUT2D eigenvalue weighted by molar-refractivity contribution is 6.74. The number of benzene rings is 1. The molecule has 1 saturated carbocycles. The van der Waals surface area contributed by atoms with E-state index in [0.29, 0.717) is 0 Å². The zero-order chi connectivity index (χ0) is 20.6. The van der Waals surface area contributed by atoms with Crippen molar-refractivity contribution in [3.05, 3.63) is 47.7 Å². The fraction of sp³-hybridized carbons (Fsp3) is 0.609. The van der Waals surface area contributed by atoms with Gasteiger partial charge in [-0.25, -0.2) is 4.79 Å². The summed E-state index contributed by atoms with van der Waals surface area (Å²) in [4.78, 5) is 12.5. The van der Waals surface area contributed by atoms with E-state index in [1.165, 1.54) is 12.7 Å². The van der Waals surface area contributed by atoms with Crippen molar-refractivity contribution >= 4 is 14.3 Å². The predicted octanol–water partition coefficient (Wildman–Crippen LogP) is 5.77. The second-order valence-electron chi connectivity index (χ2n) is 9.59. The summed E-state index contributed by atoms with van der Waals surface area (Å²) in [5, 5.41) is 0.0575. The molecular weight excluding hydrogens is 368 g/mol. The maximum Gasteiger partial charge on any atom is 0.373 e. The van der Waals surface area contributed by atoms with Gasteiger partial charge in [0.15, 0.2) is 8.32 Å². The van der Waals surface area contributed by atoms with Gasteiger partial charge in [-0.05, 0) is 42.6 Å². The predicted molar refractivity (Wildman–Crippen MR) is 113 cm³/mol. The van der Waals surface area contributed by atoms with Crippen molar-refractivity contribution in [1.82, 2.24) is 0 Å². The van der Waals surface area contributed by atoms with Crippen LogP contribution in [0.15, 0.2) is 42.2 Å². The van der Waals surface area contributed by atoms with Crippen LogP contribution in [0.3, 0.4) is 0 Å². The Morgan fingerprint density at radius 2 is 1.86 bits per heavy atom. The number of methoxy groups -OCH3 is 1. The van der Waals surface area contributed by atoms with E-state index < -0.39 is 20.1 Å². The van der Waals surface area contributed by atoms with Gasteiger partial charge >= 0.3 is 5.97 Å². The minimum absolute atomic E-state index is 0.0575. The number of ether oxygens (including phenoxy) is 2. The van der Waals surface area contributed by atoms with E-state index in [-0.39, 0.29) is 22.6 Å². The molecular formula is C23H34O4Si. The lowest BCUT2D eigenvalue weighted by atomic mass is 9.71. The van der Waals surface area contributed by atoms with Crippen molar-refractivity contribution in [3.8, 4) is 0 Å². The van der Waals surface area contributed by atoms with E-state index in [1.807, 2.05) is 12.1 Å². The number of esters is 1. The van der Waals surface area contributed by atoms with Crippen molar-refractivity contribution < 1.29 is 18.7 Å². The maximum atomic E-state index is 12.5. The van der Waals surface area contributed by atoms with Crippen LogP contribution in [0.2, 0.25) is 18.1 Å². The number of carbonyl (C=O) groups is 1. The third-order valence-corrected chi connectivity index (χ3v) is 11.2. The lowest BCUT2D eigenvalue weighted by molar-refractivity contribution is -0.232. The molecule has 0 saturated heterocycles. The van der Waals surface area contributed by atoms with Gasteiger partial charge in [0.1, 0.15) is 0 Å². The van der Waals surface area contributed by atoms with Crippen molar-refractivity contribution in [2.75, 3.05) is 7.11 Å². The summed E-state index contributed by atoms with van der Waals surface area (Å²) in [7, 11) is -0.718. The minimum atomic E-state index is -2.12. The standard InChI is InChI=1S/C23H34O4Si/c1-22(2,3)28(5,6)27-23-15-11-10-14-19(23)18(17-12-8-7-9-13-17)16-20(26-23)21(24)25-4/h7-9,12-13,16,18-19H,10-11,14-15H2,1-6H3/t18-,19-,23+/m1/s1. The summed E-state index contributed by atoms with van der Waals surface area (Å²) >= 11 is 0. The fourth-order valence-corrected chi connectivity index (χ4v) is 5.63. The summed E-state index contributed by atoms with van der Waals surface area (Å²) in [6.07, 6.45) is 5.98. The summed E-state index contributed by atoms with van der Waals surface area (Å²) in [5.41, 5.74) is 1.20. The Bertz CT molecular complexity index is 735. The van der Waals surface area contributed by atoms with Crippen molar-refractivity contribution in [1.29, 1.82) is 0 Å². The van der Waals surface area contributed by atoms with Gasteiger partial charge < -0.3 is 13.9 Å². The van der Waals surface area contributed by atoms with Gasteiger partial charge in [-0.3, -0.25) is 0 Å². The molecule has 28 heavy (non-hydrogen) atoms. The number of hydrogen-bond donors (Lipinski definition) is 0. The number of fused-ring (bicyclic) bond motifs is 1. The Labute approximate surface area is 170 Å². The van der Waals surface area contributed by atoms with Crippen LogP contribution in [0.1, 0.15) is 57.9 Å². The Hall–Kier alpha value is -1.59. The number of carbonyl (C=O) groups excluding carboxylic acids is 1. The monoisotopic (exact) mass is 402 g/mol. The SMILES string of the molecule is COC(=O)C1=C[C@H](c2ccccc2)[C@H]2CCCC[C@@]2(O[Si](C)(C)C(C)(C)C)O1. The first-order chi connectivity index (χ1) is 13.1. The zero-order valence-corrected chi connectivity index (χ0v) is 19.1. The zero-order valence-electron chi connectivity index (χ0n) is 18.1. The molecule has 0 radical (unpaired) electrons. The largest absolute Gasteiger partial charge is 0.463 e. The van der Waals surface area contributed by atoms with E-state index in [4.69, 9.17) is 13.9 Å². The lowest BCUT2D eigenvalue weighted by Crippen LogP contribution is -2.58. The topological polar surface area (TPSA) is 44.8 Å². The Morgan fingerprint density at radius 1 is 1.18 bits per heavy atom. The maximum absolute atomic E-state index is 12.5. The van der Waals surface area contributed by atoms with Gasteiger partial charge in [-0.1, -0.05) is 57.5 Å². The van der Waals surface area contributed by atoms with Gasteiger partial charge in [0, 0.05) is 18.3 Å². The molecule has 3 atom stereocenters. The summed E-state index contributed by atoms with van der Waals surface area (Å²) in [6, 6.07) is 10.4. The molecule has 1 aliphatic carbocycles. The third kappa shape index (κ3) is 3.92. The fourth-order valence-electron chi connectivity index (χ4n) is 4.17. The van der Waals surface area contributed by atoms with E-state index in [0.717, 1.165) is 25.7 Å². The molecule has 1 heterocycles. The molecule has 0 N–H and O–H groups in total. The Balaban J connectivity index is 2.09. The van der Waals surface area contributed by atoms with Crippen molar-refractivity contribution in [2.45, 2.75) is 76.3 Å². The molecule has 0 bridgehead atoms. The van der Waals surface area contributed by atoms with Crippen LogP contribution in [0.5, 0.6) is 0 Å². The van der Waals surface area contributed by atoms with Crippen LogP contribution in [0.4, 0.5) is 0 Å². The lowest BCUT2D eigenvalue weighted by Gasteiger charge is -2.53. The normalized spacial score (nSPS) is 28.0. The Morgan fingerprint density at radius 3 is 2.46 bits per heavy atom. The molecule has 0 aromatic heterocycles. The molecule has 5 heteroatoms. The first-order valence-electron chi connectivity index (χ1n) is 10.3. The van der Waals surface area contributed by atoms with Gasteiger partial charge in [0.25, 0.3) is 0 Å². The van der Waals surface area contributed by atoms with Crippen molar-refractivity contribution in [2.24, 2.45) is 5.92 Å². The van der Waals surface area contributed by atoms with Crippen molar-refractivity contribution in [3.63, 3.8) is 0 Å². The molecule has 4 nitrogen and oxygen atoms in total. The second kappa shape index (κ2) is 7.67. The van der Waals surface area contributed by atoms with Gasteiger partial charge in [0.2, 0.25) is 11.5 Å². The highest BCUT2D eigenvalue weighted by Gasteiger charge is 2.55. The van der Waals surface area contributed by atoms with Gasteiger partial charge in [0.05, 0.1) is 7.11 Å². The smallest absolute Gasteiger partial charge is 0.373 e. The molecule has 1 aromatic carbocycles. The van der Waals surface area contributed by atoms with Crippen LogP contribution in [-0.4, -0.2) is 27.2 Å². The van der Waals surface area contributed by atoms with Gasteiger partial charge in [-0.2, -0.15) is 0 Å². The first kappa shape index (κ1) is 21.1. The number of hydrogen-bond acceptors (Lipinski definition) is 4. The number of allylic oxidation sites excluding steroid dienone is 1. The highest BCUT2D eigenvalue weighted by atomic mass is 28.4. The molecule has 2 aliphatic rings. The Kier molecular flexibility index (Phi) is 5.79. The second-order valence-corrected chi connectivity index (χ2v) is 14.3. The van der Waals surface area contributed by atoms with E-state index in [1.54, 1.807) is 0 Å². The number of rotatable bonds is 4. The van der Waals surface area contributed by atoms with E-state index in [2.05, 4.69) is 58.1 Å². The quantitative estimate of drug-likeness (QED) is 0.474. The van der Waals surface area contributed by atoms with E-state index in [9.17, 15) is 4.79 Å². The molecule has 1 aromatic rings.